The molecule has 0 unspecified atom stereocenters. The maximum absolute atomic E-state index is 12.4. The van der Waals surface area contributed by atoms with E-state index in [1.165, 1.54) is 6.07 Å². The highest BCUT2D eigenvalue weighted by Crippen LogP contribution is 1.97. The maximum Gasteiger partial charge on any atom is 0.270 e. The largest absolute Gasteiger partial charge is 0.392 e. The summed E-state index contributed by atoms with van der Waals surface area (Å²) in [6, 6.07) is 2.44. The average molecular weight is 213 g/mol. The minimum atomic E-state index is -0.490. The lowest BCUT2D eigenvalue weighted by Crippen LogP contribution is -2.32. The van der Waals surface area contributed by atoms with E-state index in [4.69, 9.17) is 5.73 Å². The molecule has 1 aromatic rings. The molecule has 1 rings (SSSR count). The van der Waals surface area contributed by atoms with Crippen molar-refractivity contribution >= 4 is 23.1 Å². The first-order valence-corrected chi connectivity index (χ1v) is 4.18. The van der Waals surface area contributed by atoms with Gasteiger partial charge >= 0.3 is 0 Å². The summed E-state index contributed by atoms with van der Waals surface area (Å²) in [5.41, 5.74) is 5.31. The third kappa shape index (κ3) is 3.06. The van der Waals surface area contributed by atoms with Gasteiger partial charge in [-0.1, -0.05) is 12.2 Å². The van der Waals surface area contributed by atoms with Crippen LogP contribution in [-0.4, -0.2) is 22.4 Å². The molecule has 0 saturated heterocycles. The van der Waals surface area contributed by atoms with Crippen LogP contribution < -0.4 is 11.1 Å². The van der Waals surface area contributed by atoms with E-state index >= 15 is 0 Å². The highest BCUT2D eigenvalue weighted by Gasteiger charge is 2.06. The van der Waals surface area contributed by atoms with E-state index in [9.17, 15) is 9.18 Å². The first-order chi connectivity index (χ1) is 6.59. The van der Waals surface area contributed by atoms with Crippen LogP contribution in [0.25, 0.3) is 0 Å². The molecule has 1 amide bonds. The Kier molecular flexibility index (Phi) is 3.47. The van der Waals surface area contributed by atoms with Gasteiger partial charge in [-0.25, -0.2) is 9.37 Å². The van der Waals surface area contributed by atoms with Gasteiger partial charge < -0.3 is 11.1 Å². The van der Waals surface area contributed by atoms with E-state index in [0.717, 1.165) is 12.3 Å². The number of thiocarbonyl (C=S) groups is 1. The number of carbonyl (C=O) groups excluding carboxylic acids is 1. The van der Waals surface area contributed by atoms with Crippen LogP contribution in [0.2, 0.25) is 0 Å². The van der Waals surface area contributed by atoms with Crippen molar-refractivity contribution in [2.24, 2.45) is 5.73 Å². The van der Waals surface area contributed by atoms with E-state index in [1.54, 1.807) is 0 Å². The first-order valence-electron chi connectivity index (χ1n) is 3.77. The number of rotatable bonds is 3. The lowest BCUT2D eigenvalue weighted by Gasteiger charge is -2.02. The summed E-state index contributed by atoms with van der Waals surface area (Å²) in [7, 11) is 0. The van der Waals surface area contributed by atoms with Gasteiger partial charge in [0.15, 0.2) is 0 Å². The number of carbonyl (C=O) groups is 1. The molecule has 6 heteroatoms. The molecule has 0 spiro atoms. The van der Waals surface area contributed by atoms with E-state index in [-0.39, 0.29) is 17.2 Å². The topological polar surface area (TPSA) is 68.0 Å². The second kappa shape index (κ2) is 4.61. The molecule has 0 aliphatic heterocycles. The van der Waals surface area contributed by atoms with Gasteiger partial charge in [0, 0.05) is 0 Å². The van der Waals surface area contributed by atoms with E-state index in [2.05, 4.69) is 22.5 Å². The van der Waals surface area contributed by atoms with Crippen LogP contribution in [0.1, 0.15) is 10.5 Å². The zero-order valence-corrected chi connectivity index (χ0v) is 7.97. The molecular weight excluding hydrogens is 205 g/mol. The van der Waals surface area contributed by atoms with Crippen molar-refractivity contribution in [3.05, 3.63) is 29.8 Å². The van der Waals surface area contributed by atoms with Crippen LogP contribution in [0.15, 0.2) is 18.3 Å². The number of nitrogens with zero attached hydrogens (tertiary/aromatic N) is 1. The molecule has 0 aliphatic rings. The standard InChI is InChI=1S/C8H8FN3OS/c9-5-1-2-6(11-3-5)8(13)12-4-7(10)14/h1-3H,4H2,(H2,10,14)(H,12,13). The lowest BCUT2D eigenvalue weighted by molar-refractivity contribution is 0.0954. The van der Waals surface area contributed by atoms with Crippen molar-refractivity contribution in [2.75, 3.05) is 6.54 Å². The first kappa shape index (κ1) is 10.5. The Morgan fingerprint density at radius 1 is 1.64 bits per heavy atom. The number of amides is 1. The van der Waals surface area contributed by atoms with Gasteiger partial charge in [-0.3, -0.25) is 4.79 Å². The maximum atomic E-state index is 12.4. The number of aromatic nitrogens is 1. The molecule has 74 valence electrons. The predicted molar refractivity (Wildman–Crippen MR) is 53.3 cm³/mol. The van der Waals surface area contributed by atoms with Crippen molar-refractivity contribution in [1.82, 2.24) is 10.3 Å². The number of hydrogen-bond acceptors (Lipinski definition) is 3. The molecule has 1 aromatic heterocycles. The van der Waals surface area contributed by atoms with Gasteiger partial charge in [-0.05, 0) is 12.1 Å². The van der Waals surface area contributed by atoms with Gasteiger partial charge in [0.25, 0.3) is 5.91 Å². The lowest BCUT2D eigenvalue weighted by atomic mass is 10.3. The van der Waals surface area contributed by atoms with Crippen molar-refractivity contribution in [3.8, 4) is 0 Å². The Balaban J connectivity index is 2.61. The molecule has 0 bridgehead atoms. The third-order valence-corrected chi connectivity index (χ3v) is 1.53. The molecule has 0 atom stereocenters. The smallest absolute Gasteiger partial charge is 0.270 e. The summed E-state index contributed by atoms with van der Waals surface area (Å²) in [6.07, 6.45) is 0.968. The molecule has 1 heterocycles. The summed E-state index contributed by atoms with van der Waals surface area (Å²) in [6.45, 7) is 0.104. The number of pyridine rings is 1. The van der Waals surface area contributed by atoms with Crippen LogP contribution in [0.4, 0.5) is 4.39 Å². The molecule has 0 radical (unpaired) electrons. The minimum absolute atomic E-state index is 0.104. The van der Waals surface area contributed by atoms with E-state index in [0.29, 0.717) is 0 Å². The van der Waals surface area contributed by atoms with Crippen molar-refractivity contribution in [2.45, 2.75) is 0 Å². The highest BCUT2D eigenvalue weighted by molar-refractivity contribution is 7.80. The van der Waals surface area contributed by atoms with Crippen LogP contribution >= 0.6 is 12.2 Å². The zero-order valence-electron chi connectivity index (χ0n) is 7.16. The second-order valence-electron chi connectivity index (χ2n) is 2.51. The number of nitrogens with one attached hydrogen (secondary N) is 1. The zero-order chi connectivity index (χ0) is 10.6. The summed E-state index contributed by atoms with van der Waals surface area (Å²) in [5, 5.41) is 2.43. The molecular formula is C8H8FN3OS. The average Bonchev–Trinajstić information content (AvgIpc) is 2.15. The molecule has 4 nitrogen and oxygen atoms in total. The molecule has 0 aliphatic carbocycles. The van der Waals surface area contributed by atoms with Crippen LogP contribution in [-0.2, 0) is 0 Å². The highest BCUT2D eigenvalue weighted by atomic mass is 32.1. The van der Waals surface area contributed by atoms with Crippen LogP contribution in [0.3, 0.4) is 0 Å². The van der Waals surface area contributed by atoms with E-state index in [1.807, 2.05) is 0 Å². The van der Waals surface area contributed by atoms with Gasteiger partial charge in [0.2, 0.25) is 0 Å². The van der Waals surface area contributed by atoms with Crippen molar-refractivity contribution < 1.29 is 9.18 Å². The van der Waals surface area contributed by atoms with Crippen LogP contribution in [0.5, 0.6) is 0 Å². The molecule has 14 heavy (non-hydrogen) atoms. The molecule has 0 saturated carbocycles. The Hall–Kier alpha value is -1.56. The summed E-state index contributed by atoms with van der Waals surface area (Å²) < 4.78 is 12.4. The van der Waals surface area contributed by atoms with Gasteiger partial charge in [0.1, 0.15) is 11.5 Å². The Labute approximate surface area is 85.3 Å². The summed E-state index contributed by atoms with van der Waals surface area (Å²) in [4.78, 5) is 15.0. The fourth-order valence-electron chi connectivity index (χ4n) is 0.768. The van der Waals surface area contributed by atoms with Crippen molar-refractivity contribution in [1.29, 1.82) is 0 Å². The SMILES string of the molecule is NC(=S)CNC(=O)c1ccc(F)cn1. The second-order valence-corrected chi connectivity index (χ2v) is 3.04. The van der Waals surface area contributed by atoms with Crippen LogP contribution in [0, 0.1) is 5.82 Å². The summed E-state index contributed by atoms with van der Waals surface area (Å²) in [5.74, 6) is -0.923. The predicted octanol–water partition coefficient (Wildman–Crippen LogP) is 0.237. The van der Waals surface area contributed by atoms with Gasteiger partial charge in [-0.2, -0.15) is 0 Å². The monoisotopic (exact) mass is 213 g/mol. The van der Waals surface area contributed by atoms with Gasteiger partial charge in [-0.15, -0.1) is 0 Å². The third-order valence-electron chi connectivity index (χ3n) is 1.38. The van der Waals surface area contributed by atoms with Crippen molar-refractivity contribution in [3.63, 3.8) is 0 Å². The fraction of sp³-hybridized carbons (Fsp3) is 0.125. The normalized spacial score (nSPS) is 9.50. The number of halogens is 1. The Morgan fingerprint density at radius 2 is 2.36 bits per heavy atom. The number of nitrogens with two attached hydrogens (primary N) is 1. The summed E-state index contributed by atoms with van der Waals surface area (Å²) >= 11 is 4.57. The van der Waals surface area contributed by atoms with E-state index < -0.39 is 11.7 Å². The Morgan fingerprint density at radius 3 is 2.86 bits per heavy atom. The molecule has 0 aromatic carbocycles. The molecule has 3 N–H and O–H groups in total. The Bertz CT molecular complexity index is 352. The van der Waals surface area contributed by atoms with Gasteiger partial charge in [0.05, 0.1) is 17.7 Å². The quantitative estimate of drug-likeness (QED) is 0.706. The number of hydrogen-bond donors (Lipinski definition) is 2. The minimum Gasteiger partial charge on any atom is -0.392 e. The fourth-order valence-corrected chi connectivity index (χ4v) is 0.840. The molecule has 0 fully saturated rings.